The van der Waals surface area contributed by atoms with E-state index in [1.165, 1.54) is 0 Å². The summed E-state index contributed by atoms with van der Waals surface area (Å²) >= 11 is 0. The fourth-order valence-corrected chi connectivity index (χ4v) is 4.45. The first kappa shape index (κ1) is 11.8. The van der Waals surface area contributed by atoms with Crippen LogP contribution in [0.1, 0.15) is 24.8 Å². The Morgan fingerprint density at radius 2 is 2.06 bits per heavy atom. The van der Waals surface area contributed by atoms with E-state index in [-0.39, 0.29) is 5.75 Å². The van der Waals surface area contributed by atoms with Crippen molar-refractivity contribution in [2.24, 2.45) is 0 Å². The maximum atomic E-state index is 12.2. The number of rotatable bonds is 1. The number of fused-ring (bicyclic) bond motifs is 1. The Balaban J connectivity index is 2.06. The van der Waals surface area contributed by atoms with Crippen LogP contribution in [0, 0.1) is 0 Å². The van der Waals surface area contributed by atoms with Gasteiger partial charge < -0.3 is 5.32 Å². The minimum absolute atomic E-state index is 0.282. The van der Waals surface area contributed by atoms with Gasteiger partial charge in [-0.05, 0) is 43.4 Å². The van der Waals surface area contributed by atoms with Gasteiger partial charge in [-0.2, -0.15) is 0 Å². The summed E-state index contributed by atoms with van der Waals surface area (Å²) in [5, 5.41) is 3.35. The molecule has 0 aromatic heterocycles. The number of nitrogens with zero attached hydrogens (tertiary/aromatic N) is 1. The quantitative estimate of drug-likeness (QED) is 0.845. The van der Waals surface area contributed by atoms with Crippen LogP contribution in [0.4, 0.5) is 11.4 Å². The van der Waals surface area contributed by atoms with E-state index in [0.29, 0.717) is 6.54 Å². The zero-order chi connectivity index (χ0) is 12.6. The number of nitrogens with one attached hydrogen (secondary N) is 1. The molecule has 0 radical (unpaired) electrons. The van der Waals surface area contributed by atoms with Gasteiger partial charge in [-0.1, -0.05) is 6.07 Å². The van der Waals surface area contributed by atoms with Crippen molar-refractivity contribution in [2.75, 3.05) is 28.5 Å². The summed E-state index contributed by atoms with van der Waals surface area (Å²) in [5.74, 6) is 0.282. The van der Waals surface area contributed by atoms with E-state index in [2.05, 4.69) is 5.32 Å². The van der Waals surface area contributed by atoms with Crippen molar-refractivity contribution in [3.05, 3.63) is 23.8 Å². The van der Waals surface area contributed by atoms with Crippen LogP contribution in [0.5, 0.6) is 0 Å². The molecule has 1 aromatic carbocycles. The van der Waals surface area contributed by atoms with Crippen LogP contribution < -0.4 is 9.62 Å². The highest BCUT2D eigenvalue weighted by Gasteiger charge is 2.28. The topological polar surface area (TPSA) is 49.4 Å². The number of hydrogen-bond donors (Lipinski definition) is 1. The lowest BCUT2D eigenvalue weighted by Crippen LogP contribution is -2.38. The molecule has 0 spiro atoms. The summed E-state index contributed by atoms with van der Waals surface area (Å²) in [6.07, 6.45) is 3.77. The van der Waals surface area contributed by atoms with E-state index in [1.807, 2.05) is 18.2 Å². The van der Waals surface area contributed by atoms with Gasteiger partial charge in [0.15, 0.2) is 0 Å². The van der Waals surface area contributed by atoms with Crippen LogP contribution in [0.25, 0.3) is 0 Å². The lowest BCUT2D eigenvalue weighted by molar-refractivity contribution is 0.574. The minimum atomic E-state index is -3.10. The monoisotopic (exact) mass is 266 g/mol. The van der Waals surface area contributed by atoms with Gasteiger partial charge >= 0.3 is 0 Å². The van der Waals surface area contributed by atoms with Crippen LogP contribution in [0.2, 0.25) is 0 Å². The van der Waals surface area contributed by atoms with Gasteiger partial charge in [0.1, 0.15) is 0 Å². The van der Waals surface area contributed by atoms with Gasteiger partial charge in [-0.15, -0.1) is 0 Å². The third-order valence-electron chi connectivity index (χ3n) is 3.69. The standard InChI is InChI=1S/C13H18N2O2S/c16-18(17)10-2-1-9-15(18)13-7-3-6-12-11(13)5-4-8-14-12/h3,6-7,14H,1-2,4-5,8-10H2. The predicted molar refractivity (Wildman–Crippen MR) is 73.6 cm³/mol. The average molecular weight is 266 g/mol. The molecule has 0 amide bonds. The average Bonchev–Trinajstić information content (AvgIpc) is 2.38. The number of benzene rings is 1. The van der Waals surface area contributed by atoms with Crippen molar-refractivity contribution >= 4 is 21.4 Å². The first-order valence-electron chi connectivity index (χ1n) is 6.55. The second-order valence-electron chi connectivity index (χ2n) is 4.93. The van der Waals surface area contributed by atoms with Crippen molar-refractivity contribution < 1.29 is 8.42 Å². The van der Waals surface area contributed by atoms with Crippen molar-refractivity contribution in [1.82, 2.24) is 0 Å². The predicted octanol–water partition coefficient (Wildman–Crippen LogP) is 1.97. The van der Waals surface area contributed by atoms with E-state index in [0.717, 1.165) is 49.2 Å². The summed E-state index contributed by atoms with van der Waals surface area (Å²) in [6.45, 7) is 1.60. The molecule has 2 heterocycles. The highest BCUT2D eigenvalue weighted by Crippen LogP contribution is 2.34. The molecule has 1 saturated heterocycles. The van der Waals surface area contributed by atoms with E-state index in [9.17, 15) is 8.42 Å². The molecule has 0 aliphatic carbocycles. The highest BCUT2D eigenvalue weighted by atomic mass is 32.2. The third-order valence-corrected chi connectivity index (χ3v) is 5.54. The lowest BCUT2D eigenvalue weighted by atomic mass is 10.0. The molecule has 5 heteroatoms. The molecule has 0 saturated carbocycles. The van der Waals surface area contributed by atoms with E-state index < -0.39 is 10.0 Å². The SMILES string of the molecule is O=S1(=O)CCCCN1c1cccc2c1CCCN2. The molecule has 3 rings (SSSR count). The van der Waals surface area contributed by atoms with E-state index >= 15 is 0 Å². The second kappa shape index (κ2) is 4.46. The summed E-state index contributed by atoms with van der Waals surface area (Å²) in [5.41, 5.74) is 3.15. The van der Waals surface area contributed by atoms with Gasteiger partial charge in [0.05, 0.1) is 11.4 Å². The lowest BCUT2D eigenvalue weighted by Gasteiger charge is -2.32. The Hall–Kier alpha value is -1.23. The van der Waals surface area contributed by atoms with Crippen LogP contribution in [-0.4, -0.2) is 27.3 Å². The molecule has 1 aromatic rings. The molecule has 0 atom stereocenters. The molecule has 18 heavy (non-hydrogen) atoms. The van der Waals surface area contributed by atoms with Gasteiger partial charge in [-0.3, -0.25) is 4.31 Å². The highest BCUT2D eigenvalue weighted by molar-refractivity contribution is 7.92. The summed E-state index contributed by atoms with van der Waals surface area (Å²) in [7, 11) is -3.10. The Morgan fingerprint density at radius 3 is 2.89 bits per heavy atom. The third kappa shape index (κ3) is 1.96. The first-order valence-corrected chi connectivity index (χ1v) is 8.15. The zero-order valence-electron chi connectivity index (χ0n) is 10.4. The number of anilines is 2. The van der Waals surface area contributed by atoms with Crippen molar-refractivity contribution in [2.45, 2.75) is 25.7 Å². The molecule has 0 unspecified atom stereocenters. The molecule has 1 N–H and O–H groups in total. The fourth-order valence-electron chi connectivity index (χ4n) is 2.78. The van der Waals surface area contributed by atoms with Gasteiger partial charge in [-0.25, -0.2) is 8.42 Å². The molecular formula is C13H18N2O2S. The molecule has 2 aliphatic heterocycles. The maximum Gasteiger partial charge on any atom is 0.235 e. The summed E-state index contributed by atoms with van der Waals surface area (Å²) < 4.78 is 26.0. The zero-order valence-corrected chi connectivity index (χ0v) is 11.2. The largest absolute Gasteiger partial charge is 0.385 e. The molecule has 4 nitrogen and oxygen atoms in total. The van der Waals surface area contributed by atoms with Crippen LogP contribution in [0.3, 0.4) is 0 Å². The summed E-state index contributed by atoms with van der Waals surface area (Å²) in [6, 6.07) is 5.92. The molecule has 2 aliphatic rings. The van der Waals surface area contributed by atoms with Crippen LogP contribution in [0.15, 0.2) is 18.2 Å². The Bertz CT molecular complexity index is 554. The van der Waals surface area contributed by atoms with E-state index in [1.54, 1.807) is 4.31 Å². The molecule has 0 bridgehead atoms. The first-order chi connectivity index (χ1) is 8.68. The smallest absolute Gasteiger partial charge is 0.235 e. The minimum Gasteiger partial charge on any atom is -0.385 e. The molecule has 98 valence electrons. The Kier molecular flexibility index (Phi) is 2.93. The van der Waals surface area contributed by atoms with Crippen molar-refractivity contribution in [1.29, 1.82) is 0 Å². The van der Waals surface area contributed by atoms with Crippen LogP contribution in [-0.2, 0) is 16.4 Å². The molecular weight excluding hydrogens is 248 g/mol. The van der Waals surface area contributed by atoms with Gasteiger partial charge in [0.25, 0.3) is 0 Å². The fraction of sp³-hybridized carbons (Fsp3) is 0.538. The van der Waals surface area contributed by atoms with Crippen LogP contribution >= 0.6 is 0 Å². The Morgan fingerprint density at radius 1 is 1.17 bits per heavy atom. The van der Waals surface area contributed by atoms with Gasteiger partial charge in [0.2, 0.25) is 10.0 Å². The second-order valence-corrected chi connectivity index (χ2v) is 6.94. The van der Waals surface area contributed by atoms with Crippen molar-refractivity contribution in [3.8, 4) is 0 Å². The number of sulfonamides is 1. The number of hydrogen-bond acceptors (Lipinski definition) is 3. The maximum absolute atomic E-state index is 12.2. The van der Waals surface area contributed by atoms with E-state index in [4.69, 9.17) is 0 Å². The van der Waals surface area contributed by atoms with Gasteiger partial charge in [0, 0.05) is 18.8 Å². The Labute approximate surface area is 108 Å². The summed E-state index contributed by atoms with van der Waals surface area (Å²) in [4.78, 5) is 0. The molecule has 1 fully saturated rings. The van der Waals surface area contributed by atoms with Crippen molar-refractivity contribution in [3.63, 3.8) is 0 Å². The normalized spacial score (nSPS) is 22.1.